The Hall–Kier alpha value is -2.60. The lowest BCUT2D eigenvalue weighted by atomic mass is 10.0. The summed E-state index contributed by atoms with van der Waals surface area (Å²) in [5.41, 5.74) is 1.38. The van der Waals surface area contributed by atoms with Gasteiger partial charge in [0, 0.05) is 24.9 Å². The predicted molar refractivity (Wildman–Crippen MR) is 84.4 cm³/mol. The first kappa shape index (κ1) is 16.8. The quantitative estimate of drug-likeness (QED) is 0.661. The fraction of sp³-hybridized carbons (Fsp3) is 0.294. The highest BCUT2D eigenvalue weighted by atomic mass is 16.5. The van der Waals surface area contributed by atoms with E-state index in [4.69, 9.17) is 9.47 Å². The van der Waals surface area contributed by atoms with E-state index in [9.17, 15) is 14.7 Å². The van der Waals surface area contributed by atoms with E-state index in [0.717, 1.165) is 0 Å². The molecule has 2 rings (SSSR count). The summed E-state index contributed by atoms with van der Waals surface area (Å²) >= 11 is 0. The van der Waals surface area contributed by atoms with Crippen molar-refractivity contribution in [3.05, 3.63) is 46.7 Å². The van der Waals surface area contributed by atoms with E-state index in [1.807, 2.05) is 0 Å². The van der Waals surface area contributed by atoms with Gasteiger partial charge in [0.25, 0.3) is 5.91 Å². The zero-order chi connectivity index (χ0) is 17.0. The number of carbonyl (C=O) groups excluding carboxylic acids is 2. The van der Waals surface area contributed by atoms with Crippen molar-refractivity contribution in [1.29, 1.82) is 0 Å². The number of benzene rings is 1. The second-order valence-corrected chi connectivity index (χ2v) is 5.02. The average molecular weight is 317 g/mol. The van der Waals surface area contributed by atoms with Crippen molar-refractivity contribution in [3.8, 4) is 5.75 Å². The number of rotatable bonds is 5. The van der Waals surface area contributed by atoms with Gasteiger partial charge in [0.2, 0.25) is 0 Å². The van der Waals surface area contributed by atoms with Crippen LogP contribution in [-0.2, 0) is 19.1 Å². The summed E-state index contributed by atoms with van der Waals surface area (Å²) in [5.74, 6) is -0.870. The molecule has 0 atom stereocenters. The molecular weight excluding hydrogens is 298 g/mol. The molecule has 1 N–H and O–H groups in total. The van der Waals surface area contributed by atoms with Crippen LogP contribution in [-0.4, -0.2) is 49.3 Å². The van der Waals surface area contributed by atoms with Gasteiger partial charge in [-0.25, -0.2) is 4.79 Å². The van der Waals surface area contributed by atoms with Crippen LogP contribution in [0.25, 0.3) is 6.08 Å². The fourth-order valence-corrected chi connectivity index (χ4v) is 2.45. The van der Waals surface area contributed by atoms with E-state index in [1.165, 1.54) is 24.2 Å². The summed E-state index contributed by atoms with van der Waals surface area (Å²) in [7, 11) is 2.81. The first-order valence-electron chi connectivity index (χ1n) is 7.11. The van der Waals surface area contributed by atoms with Gasteiger partial charge < -0.3 is 19.5 Å². The van der Waals surface area contributed by atoms with E-state index in [2.05, 4.69) is 0 Å². The normalized spacial score (nSPS) is 16.4. The van der Waals surface area contributed by atoms with Crippen LogP contribution >= 0.6 is 0 Å². The van der Waals surface area contributed by atoms with Gasteiger partial charge in [0.15, 0.2) is 0 Å². The first-order valence-corrected chi connectivity index (χ1v) is 7.11. The lowest BCUT2D eigenvalue weighted by Gasteiger charge is -2.16. The zero-order valence-electron chi connectivity index (χ0n) is 13.3. The van der Waals surface area contributed by atoms with Crippen LogP contribution in [0, 0.1) is 0 Å². The Balaban J connectivity index is 2.50. The molecule has 0 aromatic heterocycles. The lowest BCUT2D eigenvalue weighted by molar-refractivity contribution is -0.136. The highest BCUT2D eigenvalue weighted by Crippen LogP contribution is 2.32. The largest absolute Gasteiger partial charge is 0.507 e. The summed E-state index contributed by atoms with van der Waals surface area (Å²) in [6, 6.07) is 6.60. The summed E-state index contributed by atoms with van der Waals surface area (Å²) in [5, 5.41) is 9.89. The van der Waals surface area contributed by atoms with E-state index in [0.29, 0.717) is 24.4 Å². The van der Waals surface area contributed by atoms with Crippen LogP contribution in [0.2, 0.25) is 0 Å². The van der Waals surface area contributed by atoms with Gasteiger partial charge in [0.05, 0.1) is 24.9 Å². The van der Waals surface area contributed by atoms with E-state index < -0.39 is 5.97 Å². The number of esters is 1. The van der Waals surface area contributed by atoms with Crippen molar-refractivity contribution >= 4 is 18.0 Å². The Labute approximate surface area is 134 Å². The second-order valence-electron chi connectivity index (χ2n) is 5.02. The number of para-hydroxylation sites is 1. The molecular formula is C17H19NO5. The van der Waals surface area contributed by atoms with Crippen LogP contribution in [0.4, 0.5) is 0 Å². The molecule has 0 aliphatic carbocycles. The molecule has 0 saturated carbocycles. The second kappa shape index (κ2) is 7.11. The SMILES string of the molecule is COCCN1C(=O)/C(=C\c2ccccc2O)C(C(=O)OC)=C1C. The van der Waals surface area contributed by atoms with Crippen molar-refractivity contribution in [2.75, 3.05) is 27.4 Å². The first-order chi connectivity index (χ1) is 11.0. The molecule has 23 heavy (non-hydrogen) atoms. The third kappa shape index (κ3) is 3.27. The van der Waals surface area contributed by atoms with E-state index >= 15 is 0 Å². The number of hydrogen-bond donors (Lipinski definition) is 1. The molecule has 1 amide bonds. The molecule has 1 aromatic carbocycles. The van der Waals surface area contributed by atoms with Crippen molar-refractivity contribution in [2.24, 2.45) is 0 Å². The van der Waals surface area contributed by atoms with Gasteiger partial charge >= 0.3 is 5.97 Å². The number of carbonyl (C=O) groups is 2. The summed E-state index contributed by atoms with van der Waals surface area (Å²) in [6.07, 6.45) is 1.50. The molecule has 1 aliphatic heterocycles. The van der Waals surface area contributed by atoms with Gasteiger partial charge in [-0.2, -0.15) is 0 Å². The van der Waals surface area contributed by atoms with Crippen LogP contribution in [0.1, 0.15) is 12.5 Å². The molecule has 6 heteroatoms. The maximum absolute atomic E-state index is 12.6. The molecule has 0 saturated heterocycles. The summed E-state index contributed by atoms with van der Waals surface area (Å²) in [6.45, 7) is 2.37. The minimum absolute atomic E-state index is 0.0324. The minimum atomic E-state index is -0.586. The lowest BCUT2D eigenvalue weighted by Crippen LogP contribution is -2.28. The van der Waals surface area contributed by atoms with E-state index in [-0.39, 0.29) is 22.8 Å². The van der Waals surface area contributed by atoms with Crippen LogP contribution in [0.15, 0.2) is 41.1 Å². The van der Waals surface area contributed by atoms with Gasteiger partial charge in [-0.05, 0) is 19.1 Å². The molecule has 6 nitrogen and oxygen atoms in total. The Morgan fingerprint density at radius 3 is 2.61 bits per heavy atom. The number of phenolic OH excluding ortho intramolecular Hbond substituents is 1. The van der Waals surface area contributed by atoms with Crippen molar-refractivity contribution < 1.29 is 24.2 Å². The maximum atomic E-state index is 12.6. The standard InChI is InChI=1S/C17H19NO5/c1-11-15(17(21)23-3)13(16(20)18(11)8-9-22-2)10-12-6-4-5-7-14(12)19/h4-7,10,19H,8-9H2,1-3H3/b13-10-. The molecule has 0 spiro atoms. The topological polar surface area (TPSA) is 76.1 Å². The Morgan fingerprint density at radius 2 is 2.00 bits per heavy atom. The van der Waals surface area contributed by atoms with Crippen LogP contribution in [0.3, 0.4) is 0 Å². The number of aromatic hydroxyl groups is 1. The molecule has 1 heterocycles. The predicted octanol–water partition coefficient (Wildman–Crippen LogP) is 1.71. The third-order valence-corrected chi connectivity index (χ3v) is 3.66. The van der Waals surface area contributed by atoms with E-state index in [1.54, 1.807) is 32.2 Å². The maximum Gasteiger partial charge on any atom is 0.340 e. The number of hydrogen-bond acceptors (Lipinski definition) is 5. The van der Waals surface area contributed by atoms with Gasteiger partial charge in [-0.3, -0.25) is 4.79 Å². The Kier molecular flexibility index (Phi) is 5.18. The molecule has 0 bridgehead atoms. The third-order valence-electron chi connectivity index (χ3n) is 3.66. The Bertz CT molecular complexity index is 690. The number of phenols is 1. The number of ether oxygens (including phenoxy) is 2. The monoisotopic (exact) mass is 317 g/mol. The molecule has 1 aliphatic rings. The van der Waals surface area contributed by atoms with Crippen LogP contribution < -0.4 is 0 Å². The number of allylic oxidation sites excluding steroid dienone is 1. The van der Waals surface area contributed by atoms with Crippen molar-refractivity contribution in [1.82, 2.24) is 4.90 Å². The Morgan fingerprint density at radius 1 is 1.30 bits per heavy atom. The van der Waals surface area contributed by atoms with Gasteiger partial charge in [-0.1, -0.05) is 18.2 Å². The number of nitrogens with zero attached hydrogens (tertiary/aromatic N) is 1. The summed E-state index contributed by atoms with van der Waals surface area (Å²) < 4.78 is 9.80. The van der Waals surface area contributed by atoms with Gasteiger partial charge in [0.1, 0.15) is 5.75 Å². The molecule has 0 unspecified atom stereocenters. The number of amides is 1. The van der Waals surface area contributed by atoms with Crippen molar-refractivity contribution in [3.63, 3.8) is 0 Å². The van der Waals surface area contributed by atoms with Gasteiger partial charge in [-0.15, -0.1) is 0 Å². The molecule has 1 aromatic rings. The number of methoxy groups -OCH3 is 2. The highest BCUT2D eigenvalue weighted by Gasteiger charge is 2.36. The molecule has 0 radical (unpaired) electrons. The van der Waals surface area contributed by atoms with Crippen molar-refractivity contribution in [2.45, 2.75) is 6.92 Å². The highest BCUT2D eigenvalue weighted by molar-refractivity contribution is 6.16. The smallest absolute Gasteiger partial charge is 0.340 e. The fourth-order valence-electron chi connectivity index (χ4n) is 2.45. The molecule has 0 fully saturated rings. The average Bonchev–Trinajstić information content (AvgIpc) is 2.77. The minimum Gasteiger partial charge on any atom is -0.507 e. The van der Waals surface area contributed by atoms with Crippen LogP contribution in [0.5, 0.6) is 5.75 Å². The molecule has 122 valence electrons. The summed E-state index contributed by atoms with van der Waals surface area (Å²) in [4.78, 5) is 26.2. The zero-order valence-corrected chi connectivity index (χ0v) is 13.3.